The molecule has 3 aromatic rings. The molecule has 3 rings (SSSR count). The number of nitriles is 1. The molecule has 2 aromatic heterocycles. The molecular formula is C15H11N3S. The number of hydrogen-bond acceptors (Lipinski definition) is 3. The minimum atomic E-state index is 0.732. The van der Waals surface area contributed by atoms with Crippen LogP contribution in [0, 0.1) is 11.3 Å². The van der Waals surface area contributed by atoms with Crippen molar-refractivity contribution in [3.63, 3.8) is 0 Å². The molecule has 0 radical (unpaired) electrons. The molecule has 1 aromatic carbocycles. The third-order valence-electron chi connectivity index (χ3n) is 2.90. The second kappa shape index (κ2) is 5.17. The van der Waals surface area contributed by atoms with Crippen molar-refractivity contribution in [3.8, 4) is 6.07 Å². The summed E-state index contributed by atoms with van der Waals surface area (Å²) in [6.45, 7) is 0. The van der Waals surface area contributed by atoms with Gasteiger partial charge in [0.1, 0.15) is 0 Å². The molecule has 19 heavy (non-hydrogen) atoms. The number of nitrogens with zero attached hydrogens (tertiary/aromatic N) is 3. The lowest BCUT2D eigenvalue weighted by Gasteiger charge is -2.03. The van der Waals surface area contributed by atoms with E-state index in [0.29, 0.717) is 0 Å². The van der Waals surface area contributed by atoms with Crippen molar-refractivity contribution < 1.29 is 0 Å². The number of aromatic nitrogens is 2. The fourth-order valence-corrected chi connectivity index (χ4v) is 2.89. The lowest BCUT2D eigenvalue weighted by molar-refractivity contribution is 0.957. The van der Waals surface area contributed by atoms with Crippen LogP contribution in [0.25, 0.3) is 5.52 Å². The molecule has 0 unspecified atom stereocenters. The normalized spacial score (nSPS) is 10.5. The van der Waals surface area contributed by atoms with Crippen molar-refractivity contribution in [1.29, 1.82) is 5.26 Å². The molecule has 0 N–H and O–H groups in total. The van der Waals surface area contributed by atoms with E-state index < -0.39 is 0 Å². The first-order valence-electron chi connectivity index (χ1n) is 5.91. The zero-order chi connectivity index (χ0) is 13.1. The van der Waals surface area contributed by atoms with Gasteiger partial charge in [0.05, 0.1) is 23.3 Å². The van der Waals surface area contributed by atoms with Crippen LogP contribution in [0.4, 0.5) is 0 Å². The molecule has 0 amide bonds. The summed E-state index contributed by atoms with van der Waals surface area (Å²) in [6.07, 6.45) is 3.86. The third kappa shape index (κ3) is 2.33. The fourth-order valence-electron chi connectivity index (χ4n) is 1.92. The maximum atomic E-state index is 9.07. The van der Waals surface area contributed by atoms with Crippen molar-refractivity contribution in [3.05, 3.63) is 66.0 Å². The van der Waals surface area contributed by atoms with Crippen molar-refractivity contribution in [2.24, 2.45) is 0 Å². The van der Waals surface area contributed by atoms with Gasteiger partial charge < -0.3 is 0 Å². The molecule has 0 aliphatic heterocycles. The lowest BCUT2D eigenvalue weighted by atomic mass is 10.1. The highest BCUT2D eigenvalue weighted by Crippen LogP contribution is 2.24. The van der Waals surface area contributed by atoms with Gasteiger partial charge in [0, 0.05) is 11.9 Å². The predicted molar refractivity (Wildman–Crippen MR) is 75.9 cm³/mol. The first-order valence-corrected chi connectivity index (χ1v) is 6.90. The lowest BCUT2D eigenvalue weighted by Crippen LogP contribution is -1.90. The highest BCUT2D eigenvalue weighted by molar-refractivity contribution is 7.98. The number of imidazole rings is 1. The molecule has 0 saturated heterocycles. The standard InChI is InChI=1S/C15H11N3S/c16-9-12-5-1-2-6-13(12)11-19-15-17-10-14-7-3-4-8-18(14)15/h1-8,10H,11H2. The average Bonchev–Trinajstić information content (AvgIpc) is 2.89. The molecule has 0 aliphatic rings. The molecule has 0 fully saturated rings. The maximum Gasteiger partial charge on any atom is 0.172 e. The Hall–Kier alpha value is -2.25. The van der Waals surface area contributed by atoms with E-state index in [9.17, 15) is 0 Å². The SMILES string of the molecule is N#Cc1ccccc1CSc1ncc2ccccn12. The Bertz CT molecular complexity index is 755. The topological polar surface area (TPSA) is 41.1 Å². The molecule has 0 spiro atoms. The largest absolute Gasteiger partial charge is 0.295 e. The van der Waals surface area contributed by atoms with Crippen molar-refractivity contribution >= 4 is 17.3 Å². The highest BCUT2D eigenvalue weighted by atomic mass is 32.2. The second-order valence-corrected chi connectivity index (χ2v) is 5.04. The van der Waals surface area contributed by atoms with Crippen LogP contribution in [0.2, 0.25) is 0 Å². The van der Waals surface area contributed by atoms with Crippen LogP contribution in [0.15, 0.2) is 60.0 Å². The van der Waals surface area contributed by atoms with Crippen LogP contribution in [-0.4, -0.2) is 9.38 Å². The zero-order valence-electron chi connectivity index (χ0n) is 10.2. The minimum absolute atomic E-state index is 0.732. The molecular weight excluding hydrogens is 254 g/mol. The third-order valence-corrected chi connectivity index (χ3v) is 3.91. The number of hydrogen-bond donors (Lipinski definition) is 0. The summed E-state index contributed by atoms with van der Waals surface area (Å²) in [5, 5.41) is 10.0. The van der Waals surface area contributed by atoms with Gasteiger partial charge in [-0.15, -0.1) is 0 Å². The Labute approximate surface area is 115 Å². The van der Waals surface area contributed by atoms with E-state index in [-0.39, 0.29) is 0 Å². The predicted octanol–water partition coefficient (Wildman–Crippen LogP) is 3.50. The summed E-state index contributed by atoms with van der Waals surface area (Å²) >= 11 is 1.64. The van der Waals surface area contributed by atoms with E-state index in [1.54, 1.807) is 11.8 Å². The summed E-state index contributed by atoms with van der Waals surface area (Å²) < 4.78 is 2.06. The van der Waals surface area contributed by atoms with Crippen LogP contribution in [0.1, 0.15) is 11.1 Å². The average molecular weight is 265 g/mol. The Morgan fingerprint density at radius 3 is 2.89 bits per heavy atom. The number of thioether (sulfide) groups is 1. The molecule has 0 atom stereocenters. The van der Waals surface area contributed by atoms with Crippen LogP contribution < -0.4 is 0 Å². The van der Waals surface area contributed by atoms with E-state index in [0.717, 1.165) is 27.6 Å². The number of rotatable bonds is 3. The van der Waals surface area contributed by atoms with Crippen LogP contribution in [-0.2, 0) is 5.75 Å². The molecule has 3 nitrogen and oxygen atoms in total. The van der Waals surface area contributed by atoms with Gasteiger partial charge in [0.25, 0.3) is 0 Å². The van der Waals surface area contributed by atoms with Crippen molar-refractivity contribution in [1.82, 2.24) is 9.38 Å². The van der Waals surface area contributed by atoms with Crippen LogP contribution in [0.5, 0.6) is 0 Å². The minimum Gasteiger partial charge on any atom is -0.295 e. The molecule has 4 heteroatoms. The Morgan fingerprint density at radius 2 is 2.00 bits per heavy atom. The summed E-state index contributed by atoms with van der Waals surface area (Å²) in [6, 6.07) is 15.9. The van der Waals surface area contributed by atoms with E-state index in [4.69, 9.17) is 5.26 Å². The summed E-state index contributed by atoms with van der Waals surface area (Å²) in [5.41, 5.74) is 2.86. The Morgan fingerprint density at radius 1 is 1.16 bits per heavy atom. The monoisotopic (exact) mass is 265 g/mol. The van der Waals surface area contributed by atoms with Gasteiger partial charge in [-0.2, -0.15) is 5.26 Å². The van der Waals surface area contributed by atoms with Gasteiger partial charge in [-0.1, -0.05) is 36.0 Å². The van der Waals surface area contributed by atoms with Gasteiger partial charge >= 0.3 is 0 Å². The van der Waals surface area contributed by atoms with Crippen LogP contribution in [0.3, 0.4) is 0 Å². The zero-order valence-corrected chi connectivity index (χ0v) is 11.0. The Balaban J connectivity index is 1.85. The molecule has 0 saturated carbocycles. The van der Waals surface area contributed by atoms with E-state index in [1.165, 1.54) is 0 Å². The molecule has 92 valence electrons. The van der Waals surface area contributed by atoms with Gasteiger partial charge in [0.2, 0.25) is 0 Å². The first kappa shape index (κ1) is 11.8. The summed E-state index contributed by atoms with van der Waals surface area (Å²) in [5.74, 6) is 0.748. The maximum absolute atomic E-state index is 9.07. The summed E-state index contributed by atoms with van der Waals surface area (Å²) in [7, 11) is 0. The molecule has 0 aliphatic carbocycles. The Kier molecular flexibility index (Phi) is 3.21. The van der Waals surface area contributed by atoms with Gasteiger partial charge in [0.15, 0.2) is 5.16 Å². The molecule has 2 heterocycles. The van der Waals surface area contributed by atoms with E-state index in [1.807, 2.05) is 54.9 Å². The second-order valence-electron chi connectivity index (χ2n) is 4.09. The smallest absolute Gasteiger partial charge is 0.172 e. The molecule has 0 bridgehead atoms. The van der Waals surface area contributed by atoms with Crippen molar-refractivity contribution in [2.45, 2.75) is 10.9 Å². The van der Waals surface area contributed by atoms with E-state index >= 15 is 0 Å². The first-order chi connectivity index (χ1) is 9.38. The quantitative estimate of drug-likeness (QED) is 0.681. The van der Waals surface area contributed by atoms with Gasteiger partial charge in [-0.05, 0) is 23.8 Å². The number of benzene rings is 1. The fraction of sp³-hybridized carbons (Fsp3) is 0.0667. The highest BCUT2D eigenvalue weighted by Gasteiger charge is 2.06. The summed E-state index contributed by atoms with van der Waals surface area (Å²) in [4.78, 5) is 4.41. The van der Waals surface area contributed by atoms with Gasteiger partial charge in [-0.3, -0.25) is 4.40 Å². The van der Waals surface area contributed by atoms with Crippen molar-refractivity contribution in [2.75, 3.05) is 0 Å². The van der Waals surface area contributed by atoms with E-state index in [2.05, 4.69) is 15.5 Å². The number of pyridine rings is 1. The van der Waals surface area contributed by atoms with Crippen LogP contribution >= 0.6 is 11.8 Å². The number of fused-ring (bicyclic) bond motifs is 1. The van der Waals surface area contributed by atoms with Gasteiger partial charge in [-0.25, -0.2) is 4.98 Å².